The van der Waals surface area contributed by atoms with E-state index in [1.54, 1.807) is 0 Å². The fraction of sp³-hybridized carbons (Fsp3) is 0.800. The lowest BCUT2D eigenvalue weighted by Crippen LogP contribution is -2.52. The maximum absolute atomic E-state index is 10.9. The average Bonchev–Trinajstić information content (AvgIpc) is 1.85. The predicted molar refractivity (Wildman–Crippen MR) is 38.2 cm³/mol. The Morgan fingerprint density at radius 3 is 2.17 bits per heavy atom. The van der Waals surface area contributed by atoms with Gasteiger partial charge in [-0.1, -0.05) is 0 Å². The highest BCUT2D eigenvalue weighted by Gasteiger charge is 2.21. The van der Waals surface area contributed by atoms with Crippen molar-refractivity contribution in [3.63, 3.8) is 0 Å². The van der Waals surface area contributed by atoms with Crippen LogP contribution in [0.25, 0.3) is 0 Å². The number of nitrogens with two attached hydrogens (primary N) is 1. The fourth-order valence-electron chi connectivity index (χ4n) is 0.440. The van der Waals surface area contributed by atoms with E-state index in [1.165, 1.54) is 13.8 Å². The molecular weight excluding hydrogens is 183 g/mol. The number of carboxylic acids is 1. The van der Waals surface area contributed by atoms with E-state index in [2.05, 4.69) is 0 Å². The summed E-state index contributed by atoms with van der Waals surface area (Å²) in [5.74, 6) is -2.59. The van der Waals surface area contributed by atoms with Crippen molar-refractivity contribution in [2.45, 2.75) is 25.7 Å². The van der Waals surface area contributed by atoms with E-state index in [1.807, 2.05) is 5.09 Å². The summed E-state index contributed by atoms with van der Waals surface area (Å²) in [5.41, 5.74) is 5.07. The summed E-state index contributed by atoms with van der Waals surface area (Å²) in [6.07, 6.45) is 0. The van der Waals surface area contributed by atoms with Crippen molar-refractivity contribution in [1.82, 2.24) is 5.09 Å². The van der Waals surface area contributed by atoms with Crippen molar-refractivity contribution in [1.29, 1.82) is 0 Å². The van der Waals surface area contributed by atoms with Crippen LogP contribution in [0.4, 0.5) is 0 Å². The lowest BCUT2D eigenvalue weighted by Gasteiger charge is -2.41. The Bertz CT molecular complexity index is 173. The van der Waals surface area contributed by atoms with E-state index in [0.29, 0.717) is 0 Å². The molecule has 3 N–H and O–H groups in total. The Balaban J connectivity index is 4.15. The van der Waals surface area contributed by atoms with Crippen molar-refractivity contribution in [2.24, 2.45) is 5.73 Å². The minimum Gasteiger partial charge on any atom is -0.668 e. The molecule has 0 aromatic carbocycles. The lowest BCUT2D eigenvalue weighted by molar-refractivity contribution is -0.322. The third-order valence-corrected chi connectivity index (χ3v) is 3.08. The van der Waals surface area contributed by atoms with Crippen LogP contribution in [-0.2, 0) is 4.79 Å². The summed E-state index contributed by atoms with van der Waals surface area (Å²) < 4.78 is 0. The minimum absolute atomic E-state index is 1.11. The van der Waals surface area contributed by atoms with Crippen LogP contribution < -0.4 is 25.7 Å². The first kappa shape index (κ1) is 11.7. The molecule has 0 spiro atoms. The van der Waals surface area contributed by atoms with Gasteiger partial charge < -0.3 is 19.7 Å². The van der Waals surface area contributed by atoms with Crippen molar-refractivity contribution in [2.75, 3.05) is 0 Å². The number of carbonyl (C=O) groups is 1. The highest BCUT2D eigenvalue weighted by molar-refractivity contribution is 7.60. The molecule has 0 fully saturated rings. The molecule has 1 unspecified atom stereocenters. The van der Waals surface area contributed by atoms with Gasteiger partial charge in [-0.05, 0) is 21.7 Å². The summed E-state index contributed by atoms with van der Waals surface area (Å²) in [6, 6.07) is -1.25. The number of nitrogens with one attached hydrogen (secondary N) is 1. The molecule has 0 saturated heterocycles. The fourth-order valence-corrected chi connectivity index (χ4v) is 1.32. The molecule has 72 valence electrons. The average molecular weight is 194 g/mol. The first-order chi connectivity index (χ1) is 5.27. The van der Waals surface area contributed by atoms with Crippen LogP contribution in [0.15, 0.2) is 0 Å². The third-order valence-electron chi connectivity index (χ3n) is 1.26. The second-order valence-electron chi connectivity index (χ2n) is 2.51. The summed E-state index contributed by atoms with van der Waals surface area (Å²) in [4.78, 5) is 32.0. The van der Waals surface area contributed by atoms with E-state index in [4.69, 9.17) is 5.73 Å². The van der Waals surface area contributed by atoms with Gasteiger partial charge in [0.1, 0.15) is 5.78 Å². The summed E-state index contributed by atoms with van der Waals surface area (Å²) >= 11 is 0. The smallest absolute Gasteiger partial charge is 0.119 e. The first-order valence-electron chi connectivity index (χ1n) is 3.32. The van der Waals surface area contributed by atoms with Gasteiger partial charge in [0.2, 0.25) is 0 Å². The molecule has 0 aliphatic heterocycles. The van der Waals surface area contributed by atoms with Crippen molar-refractivity contribution in [3.8, 4) is 0 Å². The molecule has 0 aromatic heterocycles. The Hall–Kier alpha value is -0.260. The van der Waals surface area contributed by atoms with Crippen LogP contribution in [0.1, 0.15) is 13.8 Å². The largest absolute Gasteiger partial charge is 0.668 e. The quantitative estimate of drug-likeness (QED) is 0.447. The number of hydrogen-bond donors (Lipinski definition) is 2. The predicted octanol–water partition coefficient (Wildman–Crippen LogP) is -3.50. The van der Waals surface area contributed by atoms with Crippen molar-refractivity contribution in [3.05, 3.63) is 0 Å². The molecule has 12 heavy (non-hydrogen) atoms. The van der Waals surface area contributed by atoms with Gasteiger partial charge in [0.05, 0.1) is 12.0 Å². The van der Waals surface area contributed by atoms with Gasteiger partial charge in [-0.25, -0.2) is 0 Å². The van der Waals surface area contributed by atoms with E-state index in [-0.39, 0.29) is 0 Å². The van der Waals surface area contributed by atoms with Gasteiger partial charge in [0.25, 0.3) is 0 Å². The molecule has 7 heteroatoms. The number of carboxylic acid groups (broad SMARTS) is 1. The molecular formula is C5H11N2O4P-2. The molecule has 0 aromatic rings. The highest BCUT2D eigenvalue weighted by Crippen LogP contribution is 2.37. The zero-order chi connectivity index (χ0) is 9.94. The monoisotopic (exact) mass is 194 g/mol. The number of hydrogen-bond acceptors (Lipinski definition) is 6. The number of rotatable bonds is 4. The maximum atomic E-state index is 10.9. The second-order valence-corrected chi connectivity index (χ2v) is 4.77. The Labute approximate surface area is 70.9 Å². The zero-order valence-corrected chi connectivity index (χ0v) is 7.71. The third kappa shape index (κ3) is 3.42. The van der Waals surface area contributed by atoms with Crippen molar-refractivity contribution < 1.29 is 19.7 Å². The molecule has 0 aliphatic rings. The van der Waals surface area contributed by atoms with Crippen LogP contribution >= 0.6 is 7.87 Å². The highest BCUT2D eigenvalue weighted by atomic mass is 31.2. The van der Waals surface area contributed by atoms with Crippen LogP contribution in [0.5, 0.6) is 0 Å². The Morgan fingerprint density at radius 2 is 1.92 bits per heavy atom. The molecule has 0 rings (SSSR count). The lowest BCUT2D eigenvalue weighted by atomic mass is 10.4. The van der Waals surface area contributed by atoms with E-state index in [9.17, 15) is 19.7 Å². The summed E-state index contributed by atoms with van der Waals surface area (Å²) in [6.45, 7) is 2.42. The van der Waals surface area contributed by atoms with Gasteiger partial charge >= 0.3 is 0 Å². The minimum atomic E-state index is -4.02. The van der Waals surface area contributed by atoms with Crippen LogP contribution in [0.2, 0.25) is 0 Å². The maximum Gasteiger partial charge on any atom is 0.119 e. The van der Waals surface area contributed by atoms with E-state index in [0.717, 1.165) is 0 Å². The van der Waals surface area contributed by atoms with Gasteiger partial charge in [-0.15, -0.1) is 0 Å². The van der Waals surface area contributed by atoms with Crippen molar-refractivity contribution >= 4 is 13.8 Å². The Kier molecular flexibility index (Phi) is 4.02. The molecule has 6 nitrogen and oxygen atoms in total. The van der Waals surface area contributed by atoms with Crippen LogP contribution in [-0.4, -0.2) is 17.8 Å². The van der Waals surface area contributed by atoms with E-state index < -0.39 is 25.7 Å². The van der Waals surface area contributed by atoms with Gasteiger partial charge in [0.15, 0.2) is 0 Å². The molecule has 0 bridgehead atoms. The SMILES string of the molecule is CC(N)[P+]([O-])([O-])N[C@H](C)C(=O)[O-]. The molecule has 0 heterocycles. The zero-order valence-electron chi connectivity index (χ0n) is 6.81. The Morgan fingerprint density at radius 1 is 1.50 bits per heavy atom. The van der Waals surface area contributed by atoms with Gasteiger partial charge in [-0.2, -0.15) is 5.09 Å². The summed E-state index contributed by atoms with van der Waals surface area (Å²) in [7, 11) is -4.02. The van der Waals surface area contributed by atoms with Gasteiger partial charge in [0, 0.05) is 0 Å². The topological polar surface area (TPSA) is 124 Å². The first-order valence-corrected chi connectivity index (χ1v) is 5.01. The van der Waals surface area contributed by atoms with Crippen LogP contribution in [0.3, 0.4) is 0 Å². The number of carbonyl (C=O) groups excluding carboxylic acids is 1. The standard InChI is InChI=1S/C5H13N2O4P/c1-3(5(8)9)7-12(10,11)4(2)6/h3-4H,6H2,1-2H3,(H,8,9)(H2,7,10,11)/p-2/t3-,4?/m1/s1. The molecule has 0 amide bonds. The molecule has 2 atom stereocenters. The summed E-state index contributed by atoms with van der Waals surface area (Å²) in [5, 5.41) is 12.0. The number of aliphatic carboxylic acids is 1. The van der Waals surface area contributed by atoms with Crippen LogP contribution in [0, 0.1) is 0 Å². The molecule has 0 radical (unpaired) electrons. The van der Waals surface area contributed by atoms with Gasteiger partial charge in [-0.3, -0.25) is 5.73 Å². The van der Waals surface area contributed by atoms with E-state index >= 15 is 0 Å². The molecule has 0 aliphatic carbocycles. The normalized spacial score (nSPS) is 17.1. The second kappa shape index (κ2) is 4.11. The molecule has 0 saturated carbocycles.